The van der Waals surface area contributed by atoms with Crippen molar-refractivity contribution in [3.8, 4) is 0 Å². The Morgan fingerprint density at radius 1 is 0.784 bits per heavy atom. The van der Waals surface area contributed by atoms with Gasteiger partial charge in [-0.05, 0) is 68.6 Å². The molecule has 2 aromatic rings. The molecule has 2 aliphatic heterocycles. The SMILES string of the molecule is CN1C(=O)C2=CC=C3C4=c5c6c(ccc5=C5C=CC(=C2C35)C1=O)C(=O)N(c1ccccc1)C(=O)C6C=C4. The molecule has 37 heavy (non-hydrogen) atoms. The molecule has 4 amide bonds. The van der Waals surface area contributed by atoms with Gasteiger partial charge in [0.25, 0.3) is 17.7 Å². The van der Waals surface area contributed by atoms with Crippen LogP contribution in [0, 0.1) is 5.92 Å². The van der Waals surface area contributed by atoms with Gasteiger partial charge < -0.3 is 0 Å². The molecule has 0 radical (unpaired) electrons. The van der Waals surface area contributed by atoms with Crippen LogP contribution < -0.4 is 15.3 Å². The number of para-hydroxylation sites is 1. The Morgan fingerprint density at radius 3 is 2.41 bits per heavy atom. The van der Waals surface area contributed by atoms with Gasteiger partial charge in [-0.15, -0.1) is 0 Å². The Hall–Kier alpha value is -4.84. The Bertz CT molecular complexity index is 1870. The topological polar surface area (TPSA) is 74.8 Å². The number of carbonyl (C=O) groups is 4. The average molecular weight is 482 g/mol. The minimum Gasteiger partial charge on any atom is -0.277 e. The fourth-order valence-corrected chi connectivity index (χ4v) is 6.63. The van der Waals surface area contributed by atoms with Gasteiger partial charge in [0.15, 0.2) is 0 Å². The molecule has 4 aliphatic carbocycles. The van der Waals surface area contributed by atoms with Gasteiger partial charge in [0, 0.05) is 29.7 Å². The van der Waals surface area contributed by atoms with Crippen LogP contribution in [0.3, 0.4) is 0 Å². The number of hydrogen-bond acceptors (Lipinski definition) is 4. The normalized spacial score (nSPS) is 24.4. The first-order valence-corrected chi connectivity index (χ1v) is 12.2. The molecular weight excluding hydrogens is 464 g/mol. The lowest BCUT2D eigenvalue weighted by atomic mass is 9.65. The predicted octanol–water partition coefficient (Wildman–Crippen LogP) is 2.19. The standard InChI is InChI=1S/C31H18N2O4/c1-32-28(34)20-11-7-16-18-9-13-22-27-23(31(37)33(30(22)36)15-5-3-2-4-6-15)14-10-19(25(18)27)17-8-12-21(29(32)35)26(20)24(16)17/h2-14,22,24H,1H3. The number of allylic oxidation sites excluding steroid dienone is 5. The lowest BCUT2D eigenvalue weighted by Crippen LogP contribution is -2.52. The lowest BCUT2D eigenvalue weighted by molar-refractivity contribution is -0.138. The van der Waals surface area contributed by atoms with Crippen molar-refractivity contribution in [2.45, 2.75) is 5.92 Å². The Kier molecular flexibility index (Phi) is 3.67. The van der Waals surface area contributed by atoms with Crippen LogP contribution in [0.5, 0.6) is 0 Å². The second-order valence-corrected chi connectivity index (χ2v) is 9.93. The zero-order valence-electron chi connectivity index (χ0n) is 19.7. The van der Waals surface area contributed by atoms with Crippen molar-refractivity contribution in [3.63, 3.8) is 0 Å². The number of fused-ring (bicyclic) bond motifs is 1. The smallest absolute Gasteiger partial charge is 0.265 e. The molecule has 2 heterocycles. The summed E-state index contributed by atoms with van der Waals surface area (Å²) in [5, 5.41) is 1.83. The highest BCUT2D eigenvalue weighted by Crippen LogP contribution is 2.49. The van der Waals surface area contributed by atoms with E-state index in [1.807, 2.05) is 54.6 Å². The van der Waals surface area contributed by atoms with Gasteiger partial charge in [0.2, 0.25) is 5.91 Å². The third kappa shape index (κ3) is 2.31. The Morgan fingerprint density at radius 2 is 1.59 bits per heavy atom. The van der Waals surface area contributed by atoms with Crippen LogP contribution in [0.4, 0.5) is 5.69 Å². The van der Waals surface area contributed by atoms with E-state index in [0.717, 1.165) is 38.3 Å². The molecule has 0 saturated heterocycles. The molecule has 0 aromatic heterocycles. The zero-order valence-corrected chi connectivity index (χ0v) is 19.7. The predicted molar refractivity (Wildman–Crippen MR) is 136 cm³/mol. The quantitative estimate of drug-likeness (QED) is 0.584. The largest absolute Gasteiger partial charge is 0.277 e. The highest BCUT2D eigenvalue weighted by molar-refractivity contribution is 6.27. The number of anilines is 1. The number of rotatable bonds is 1. The van der Waals surface area contributed by atoms with E-state index in [1.165, 1.54) is 16.8 Å². The van der Waals surface area contributed by atoms with Crippen molar-refractivity contribution in [3.05, 3.63) is 123 Å². The van der Waals surface area contributed by atoms with Crippen molar-refractivity contribution < 1.29 is 19.2 Å². The maximum atomic E-state index is 13.7. The van der Waals surface area contributed by atoms with Gasteiger partial charge in [0.05, 0.1) is 11.6 Å². The van der Waals surface area contributed by atoms with Crippen LogP contribution in [0.2, 0.25) is 0 Å². The third-order valence-electron chi connectivity index (χ3n) is 8.26. The van der Waals surface area contributed by atoms with E-state index in [1.54, 1.807) is 24.3 Å². The molecule has 0 bridgehead atoms. The lowest BCUT2D eigenvalue weighted by Gasteiger charge is -2.41. The van der Waals surface area contributed by atoms with Crippen molar-refractivity contribution in [1.82, 2.24) is 4.90 Å². The molecule has 0 fully saturated rings. The summed E-state index contributed by atoms with van der Waals surface area (Å²) in [6, 6.07) is 12.8. The molecule has 6 aliphatic rings. The fraction of sp³-hybridized carbons (Fsp3) is 0.0968. The van der Waals surface area contributed by atoms with Gasteiger partial charge >= 0.3 is 0 Å². The first kappa shape index (κ1) is 20.4. The number of imide groups is 2. The fourth-order valence-electron chi connectivity index (χ4n) is 6.63. The molecule has 6 nitrogen and oxygen atoms in total. The van der Waals surface area contributed by atoms with Crippen molar-refractivity contribution in [2.75, 3.05) is 11.9 Å². The third-order valence-corrected chi connectivity index (χ3v) is 8.26. The highest BCUT2D eigenvalue weighted by atomic mass is 16.2. The summed E-state index contributed by atoms with van der Waals surface area (Å²) in [5.74, 6) is -2.03. The molecular formula is C31H18N2O4. The van der Waals surface area contributed by atoms with Crippen LogP contribution >= 0.6 is 0 Å². The molecule has 0 spiro atoms. The summed E-state index contributed by atoms with van der Waals surface area (Å²) >= 11 is 0. The molecule has 176 valence electrons. The second-order valence-electron chi connectivity index (χ2n) is 9.93. The summed E-state index contributed by atoms with van der Waals surface area (Å²) in [4.78, 5) is 55.7. The molecule has 2 aromatic carbocycles. The van der Waals surface area contributed by atoms with Crippen LogP contribution in [0.1, 0.15) is 21.8 Å². The Balaban J connectivity index is 1.44. The summed E-state index contributed by atoms with van der Waals surface area (Å²) in [6.07, 6.45) is 11.3. The minimum absolute atomic E-state index is 0.251. The first-order valence-electron chi connectivity index (χ1n) is 12.2. The average Bonchev–Trinajstić information content (AvgIpc) is 2.93. The number of likely N-dealkylation sites (N-methyl/N-ethyl adjacent to an activating group) is 1. The maximum Gasteiger partial charge on any atom is 0.265 e. The second kappa shape index (κ2) is 6.68. The minimum atomic E-state index is -0.576. The van der Waals surface area contributed by atoms with E-state index in [0.29, 0.717) is 22.4 Å². The molecule has 8 rings (SSSR count). The first-order chi connectivity index (χ1) is 18.0. The Labute approximate surface area is 211 Å². The van der Waals surface area contributed by atoms with Gasteiger partial charge in [-0.1, -0.05) is 48.6 Å². The van der Waals surface area contributed by atoms with E-state index >= 15 is 0 Å². The molecule has 6 heteroatoms. The summed E-state index contributed by atoms with van der Waals surface area (Å²) in [6.45, 7) is 0. The van der Waals surface area contributed by atoms with Crippen molar-refractivity contribution in [1.29, 1.82) is 0 Å². The summed E-state index contributed by atoms with van der Waals surface area (Å²) < 4.78 is 0. The molecule has 2 atom stereocenters. The number of amides is 4. The van der Waals surface area contributed by atoms with Crippen molar-refractivity contribution in [2.24, 2.45) is 5.92 Å². The van der Waals surface area contributed by atoms with E-state index in [-0.39, 0.29) is 29.5 Å². The molecule has 2 unspecified atom stereocenters. The van der Waals surface area contributed by atoms with Gasteiger partial charge in [-0.2, -0.15) is 0 Å². The van der Waals surface area contributed by atoms with Crippen LogP contribution in [0.15, 0.2) is 101 Å². The van der Waals surface area contributed by atoms with E-state index in [9.17, 15) is 19.2 Å². The summed E-state index contributed by atoms with van der Waals surface area (Å²) in [5.41, 5.74) is 6.51. The summed E-state index contributed by atoms with van der Waals surface area (Å²) in [7, 11) is 1.51. The van der Waals surface area contributed by atoms with Gasteiger partial charge in [-0.25, -0.2) is 4.90 Å². The monoisotopic (exact) mass is 482 g/mol. The van der Waals surface area contributed by atoms with Crippen LogP contribution in [0.25, 0.3) is 11.1 Å². The maximum absolute atomic E-state index is 13.7. The number of hydrogen-bond donors (Lipinski definition) is 0. The van der Waals surface area contributed by atoms with Crippen LogP contribution in [-0.4, -0.2) is 35.6 Å². The van der Waals surface area contributed by atoms with E-state index in [2.05, 4.69) is 0 Å². The number of benzene rings is 2. The number of nitrogens with zero attached hydrogens (tertiary/aromatic N) is 2. The van der Waals surface area contributed by atoms with Gasteiger partial charge in [0.1, 0.15) is 0 Å². The van der Waals surface area contributed by atoms with Gasteiger partial charge in [-0.3, -0.25) is 24.1 Å². The van der Waals surface area contributed by atoms with E-state index < -0.39 is 5.92 Å². The molecule has 0 saturated carbocycles. The highest BCUT2D eigenvalue weighted by Gasteiger charge is 2.46. The van der Waals surface area contributed by atoms with E-state index in [4.69, 9.17) is 0 Å². The zero-order chi connectivity index (χ0) is 25.2. The number of carbonyl (C=O) groups excluding carboxylic acids is 4. The van der Waals surface area contributed by atoms with Crippen LogP contribution in [-0.2, 0) is 14.4 Å². The molecule has 0 N–H and O–H groups in total. The van der Waals surface area contributed by atoms with Crippen molar-refractivity contribution >= 4 is 40.5 Å².